The number of rotatable bonds is 7. The third-order valence-corrected chi connectivity index (χ3v) is 3.04. The van der Waals surface area contributed by atoms with Gasteiger partial charge in [0.1, 0.15) is 11.5 Å². The Morgan fingerprint density at radius 1 is 1.18 bits per heavy atom. The average Bonchev–Trinajstić information content (AvgIpc) is 2.58. The van der Waals surface area contributed by atoms with Crippen LogP contribution < -0.4 is 14.8 Å². The van der Waals surface area contributed by atoms with Crippen LogP contribution in [0.25, 0.3) is 0 Å². The molecular weight excluding hydrogens is 282 g/mol. The SMILES string of the molecule is COc1ccc(OCC(=O)NCc2ccccc2)c(C=O)c1. The summed E-state index contributed by atoms with van der Waals surface area (Å²) < 4.78 is 10.4. The van der Waals surface area contributed by atoms with E-state index in [2.05, 4.69) is 5.32 Å². The minimum Gasteiger partial charge on any atom is -0.497 e. The highest BCUT2D eigenvalue weighted by molar-refractivity contribution is 5.81. The van der Waals surface area contributed by atoms with Crippen molar-refractivity contribution in [2.75, 3.05) is 13.7 Å². The maximum Gasteiger partial charge on any atom is 0.258 e. The normalized spacial score (nSPS) is 9.86. The molecular formula is C17H17NO4. The van der Waals surface area contributed by atoms with Gasteiger partial charge < -0.3 is 14.8 Å². The standard InChI is InChI=1S/C17H17NO4/c1-21-15-7-8-16(14(9-15)11-19)22-12-17(20)18-10-13-5-3-2-4-6-13/h2-9,11H,10,12H2,1H3,(H,18,20). The molecule has 0 aliphatic heterocycles. The molecule has 0 heterocycles. The quantitative estimate of drug-likeness (QED) is 0.796. The lowest BCUT2D eigenvalue weighted by molar-refractivity contribution is -0.123. The Labute approximate surface area is 128 Å². The van der Waals surface area contributed by atoms with Crippen molar-refractivity contribution in [1.29, 1.82) is 0 Å². The maximum absolute atomic E-state index is 11.8. The van der Waals surface area contributed by atoms with E-state index in [4.69, 9.17) is 9.47 Å². The van der Waals surface area contributed by atoms with Crippen molar-refractivity contribution in [2.24, 2.45) is 0 Å². The Kier molecular flexibility index (Phi) is 5.54. The summed E-state index contributed by atoms with van der Waals surface area (Å²) in [5.41, 5.74) is 1.35. The molecule has 1 N–H and O–H groups in total. The molecule has 1 amide bonds. The van der Waals surface area contributed by atoms with Crippen LogP contribution >= 0.6 is 0 Å². The van der Waals surface area contributed by atoms with E-state index in [9.17, 15) is 9.59 Å². The largest absolute Gasteiger partial charge is 0.497 e. The Balaban J connectivity index is 1.87. The Morgan fingerprint density at radius 3 is 2.64 bits per heavy atom. The van der Waals surface area contributed by atoms with Gasteiger partial charge >= 0.3 is 0 Å². The first-order chi connectivity index (χ1) is 10.7. The lowest BCUT2D eigenvalue weighted by Crippen LogP contribution is -2.28. The lowest BCUT2D eigenvalue weighted by Gasteiger charge is -2.10. The van der Waals surface area contributed by atoms with Gasteiger partial charge in [0, 0.05) is 6.54 Å². The number of ether oxygens (including phenoxy) is 2. The van der Waals surface area contributed by atoms with E-state index in [0.717, 1.165) is 5.56 Å². The summed E-state index contributed by atoms with van der Waals surface area (Å²) in [6.45, 7) is 0.284. The third kappa shape index (κ3) is 4.34. The molecule has 0 saturated carbocycles. The summed E-state index contributed by atoms with van der Waals surface area (Å²) in [6.07, 6.45) is 0.666. The monoisotopic (exact) mass is 299 g/mol. The fraction of sp³-hybridized carbons (Fsp3) is 0.176. The summed E-state index contributed by atoms with van der Waals surface area (Å²) >= 11 is 0. The van der Waals surface area contributed by atoms with Crippen molar-refractivity contribution >= 4 is 12.2 Å². The summed E-state index contributed by atoms with van der Waals surface area (Å²) in [5.74, 6) is 0.658. The first-order valence-electron chi connectivity index (χ1n) is 6.79. The van der Waals surface area contributed by atoms with Gasteiger partial charge in [0.2, 0.25) is 0 Å². The average molecular weight is 299 g/mol. The second-order valence-corrected chi connectivity index (χ2v) is 4.57. The maximum atomic E-state index is 11.8. The molecule has 2 rings (SSSR count). The zero-order valence-corrected chi connectivity index (χ0v) is 12.2. The number of aldehydes is 1. The van der Waals surface area contributed by atoms with Gasteiger partial charge in [-0.15, -0.1) is 0 Å². The molecule has 0 aromatic heterocycles. The number of nitrogens with one attached hydrogen (secondary N) is 1. The molecule has 0 aliphatic carbocycles. The predicted molar refractivity (Wildman–Crippen MR) is 82.2 cm³/mol. The minimum atomic E-state index is -0.253. The van der Waals surface area contributed by atoms with Crippen LogP contribution in [0.4, 0.5) is 0 Å². The molecule has 0 aliphatic rings. The Morgan fingerprint density at radius 2 is 1.95 bits per heavy atom. The molecule has 22 heavy (non-hydrogen) atoms. The van der Waals surface area contributed by atoms with E-state index < -0.39 is 0 Å². The van der Waals surface area contributed by atoms with Crippen LogP contribution in [0.2, 0.25) is 0 Å². The second kappa shape index (κ2) is 7.83. The Hall–Kier alpha value is -2.82. The highest BCUT2D eigenvalue weighted by atomic mass is 16.5. The van der Waals surface area contributed by atoms with Gasteiger partial charge in [-0.25, -0.2) is 0 Å². The number of carbonyl (C=O) groups excluding carboxylic acids is 2. The van der Waals surface area contributed by atoms with Crippen LogP contribution in [0.1, 0.15) is 15.9 Å². The van der Waals surface area contributed by atoms with Gasteiger partial charge in [-0.3, -0.25) is 9.59 Å². The van der Waals surface area contributed by atoms with E-state index in [1.54, 1.807) is 18.2 Å². The number of carbonyl (C=O) groups is 2. The molecule has 0 spiro atoms. The summed E-state index contributed by atoms with van der Waals surface area (Å²) in [7, 11) is 1.52. The van der Waals surface area contributed by atoms with Gasteiger partial charge in [0.25, 0.3) is 5.91 Å². The molecule has 2 aromatic rings. The molecule has 0 saturated heterocycles. The molecule has 0 unspecified atom stereocenters. The van der Waals surface area contributed by atoms with Crippen LogP contribution in [-0.4, -0.2) is 25.9 Å². The number of benzene rings is 2. The van der Waals surface area contributed by atoms with Gasteiger partial charge in [0.05, 0.1) is 12.7 Å². The van der Waals surface area contributed by atoms with E-state index in [1.165, 1.54) is 7.11 Å². The topological polar surface area (TPSA) is 64.6 Å². The number of hydrogen-bond acceptors (Lipinski definition) is 4. The zero-order valence-electron chi connectivity index (χ0n) is 12.2. The molecule has 5 nitrogen and oxygen atoms in total. The van der Waals surface area contributed by atoms with Crippen LogP contribution in [0.15, 0.2) is 48.5 Å². The number of amides is 1. The molecule has 2 aromatic carbocycles. The fourth-order valence-electron chi connectivity index (χ4n) is 1.87. The molecule has 5 heteroatoms. The van der Waals surface area contributed by atoms with Crippen molar-refractivity contribution in [1.82, 2.24) is 5.32 Å². The second-order valence-electron chi connectivity index (χ2n) is 4.57. The van der Waals surface area contributed by atoms with Crippen LogP contribution in [0.3, 0.4) is 0 Å². The van der Waals surface area contributed by atoms with Crippen molar-refractivity contribution in [3.05, 3.63) is 59.7 Å². The van der Waals surface area contributed by atoms with Crippen molar-refractivity contribution in [2.45, 2.75) is 6.54 Å². The van der Waals surface area contributed by atoms with E-state index >= 15 is 0 Å². The smallest absolute Gasteiger partial charge is 0.258 e. The van der Waals surface area contributed by atoms with Crippen LogP contribution in [0.5, 0.6) is 11.5 Å². The van der Waals surface area contributed by atoms with Crippen molar-refractivity contribution in [3.63, 3.8) is 0 Å². The summed E-state index contributed by atoms with van der Waals surface area (Å²) in [4.78, 5) is 22.8. The van der Waals surface area contributed by atoms with E-state index in [0.29, 0.717) is 29.9 Å². The minimum absolute atomic E-state index is 0.153. The first kappa shape index (κ1) is 15.6. The van der Waals surface area contributed by atoms with Gasteiger partial charge in [-0.1, -0.05) is 30.3 Å². The summed E-state index contributed by atoms with van der Waals surface area (Å²) in [5, 5.41) is 2.75. The first-order valence-corrected chi connectivity index (χ1v) is 6.79. The van der Waals surface area contributed by atoms with Gasteiger partial charge in [0.15, 0.2) is 12.9 Å². The predicted octanol–water partition coefficient (Wildman–Crippen LogP) is 2.20. The Bertz CT molecular complexity index is 640. The highest BCUT2D eigenvalue weighted by Gasteiger charge is 2.08. The molecule has 0 radical (unpaired) electrons. The lowest BCUT2D eigenvalue weighted by atomic mass is 10.2. The van der Waals surface area contributed by atoms with Gasteiger partial charge in [-0.2, -0.15) is 0 Å². The molecule has 0 bridgehead atoms. The zero-order chi connectivity index (χ0) is 15.8. The van der Waals surface area contributed by atoms with Crippen molar-refractivity contribution < 1.29 is 19.1 Å². The molecule has 114 valence electrons. The van der Waals surface area contributed by atoms with Crippen LogP contribution in [-0.2, 0) is 11.3 Å². The van der Waals surface area contributed by atoms with Gasteiger partial charge in [-0.05, 0) is 23.8 Å². The molecule has 0 atom stereocenters. The van der Waals surface area contributed by atoms with E-state index in [-0.39, 0.29) is 12.5 Å². The fourth-order valence-corrected chi connectivity index (χ4v) is 1.87. The van der Waals surface area contributed by atoms with Crippen molar-refractivity contribution in [3.8, 4) is 11.5 Å². The third-order valence-electron chi connectivity index (χ3n) is 3.04. The highest BCUT2D eigenvalue weighted by Crippen LogP contribution is 2.22. The molecule has 0 fully saturated rings. The number of methoxy groups -OCH3 is 1. The van der Waals surface area contributed by atoms with Crippen LogP contribution in [0, 0.1) is 0 Å². The van der Waals surface area contributed by atoms with E-state index in [1.807, 2.05) is 30.3 Å². The number of hydrogen-bond donors (Lipinski definition) is 1. The summed E-state index contributed by atoms with van der Waals surface area (Å²) in [6, 6.07) is 14.4.